The second-order valence-corrected chi connectivity index (χ2v) is 8.82. The van der Waals surface area contributed by atoms with Gasteiger partial charge in [0.2, 0.25) is 0 Å². The summed E-state index contributed by atoms with van der Waals surface area (Å²) in [5.41, 5.74) is 2.47. The molecule has 1 aliphatic rings. The van der Waals surface area contributed by atoms with Crippen LogP contribution in [0.25, 0.3) is 11.0 Å². The topological polar surface area (TPSA) is 29.5 Å². The highest BCUT2D eigenvalue weighted by Crippen LogP contribution is 2.43. The normalized spacial score (nSPS) is 12.2. The molecule has 3 aromatic carbocycles. The van der Waals surface area contributed by atoms with Crippen molar-refractivity contribution in [1.82, 2.24) is 4.90 Å². The number of ether oxygens (including phenoxy) is 1. The minimum Gasteiger partial charge on any atom is -0.410 e. The molecule has 0 aliphatic carbocycles. The molecule has 3 nitrogen and oxygen atoms in total. The fourth-order valence-corrected chi connectivity index (χ4v) is 5.22. The summed E-state index contributed by atoms with van der Waals surface area (Å²) in [5, 5.41) is 0. The molecule has 0 saturated heterocycles. The lowest BCUT2D eigenvalue weighted by molar-refractivity contribution is 0.165. The first-order chi connectivity index (χ1) is 14.2. The van der Waals surface area contributed by atoms with E-state index in [4.69, 9.17) is 4.74 Å². The Labute approximate surface area is 179 Å². The number of carbonyl (C=O) groups is 1. The van der Waals surface area contributed by atoms with Crippen LogP contribution < -0.4 is 4.74 Å². The first-order valence-electron chi connectivity index (χ1n) is 9.39. The first-order valence-corrected chi connectivity index (χ1v) is 11.2. The number of hydrogen-bond acceptors (Lipinski definition) is 4. The Morgan fingerprint density at radius 2 is 1.62 bits per heavy atom. The lowest BCUT2D eigenvalue weighted by Gasteiger charge is -2.17. The van der Waals surface area contributed by atoms with Crippen LogP contribution in [0.4, 0.5) is 4.79 Å². The van der Waals surface area contributed by atoms with E-state index in [0.717, 1.165) is 5.75 Å². The maximum atomic E-state index is 12.3. The predicted octanol–water partition coefficient (Wildman–Crippen LogP) is 6.51. The van der Waals surface area contributed by atoms with Crippen LogP contribution in [0.1, 0.15) is 11.1 Å². The zero-order valence-electron chi connectivity index (χ0n) is 16.1. The molecule has 1 aliphatic heterocycles. The maximum Gasteiger partial charge on any atom is 0.414 e. The van der Waals surface area contributed by atoms with Gasteiger partial charge in [-0.15, -0.1) is 11.8 Å². The monoisotopic (exact) mass is 419 g/mol. The number of rotatable bonds is 5. The Kier molecular flexibility index (Phi) is 6.27. The fourth-order valence-electron chi connectivity index (χ4n) is 2.96. The summed E-state index contributed by atoms with van der Waals surface area (Å²) in [6.45, 7) is 0.602. The maximum absolute atomic E-state index is 12.3. The van der Waals surface area contributed by atoms with E-state index in [9.17, 15) is 4.79 Å². The Morgan fingerprint density at radius 1 is 0.931 bits per heavy atom. The van der Waals surface area contributed by atoms with Gasteiger partial charge in [-0.1, -0.05) is 66.4 Å². The van der Waals surface area contributed by atoms with Gasteiger partial charge in [0.05, 0.1) is 0 Å². The van der Waals surface area contributed by atoms with Crippen molar-refractivity contribution in [3.63, 3.8) is 0 Å². The third kappa shape index (κ3) is 4.86. The summed E-state index contributed by atoms with van der Waals surface area (Å²) in [7, 11) is 1.77. The summed E-state index contributed by atoms with van der Waals surface area (Å²) in [4.78, 5) is 17.7. The molecule has 0 saturated carbocycles. The molecule has 0 radical (unpaired) electrons. The van der Waals surface area contributed by atoms with Crippen LogP contribution in [0.5, 0.6) is 5.75 Å². The van der Waals surface area contributed by atoms with E-state index < -0.39 is 0 Å². The zero-order chi connectivity index (χ0) is 20.1. The average molecular weight is 420 g/mol. The second kappa shape index (κ2) is 9.25. The molecule has 1 amide bonds. The van der Waals surface area contributed by atoms with Crippen molar-refractivity contribution in [2.24, 2.45) is 0 Å². The average Bonchev–Trinajstić information content (AvgIpc) is 2.91. The van der Waals surface area contributed by atoms with E-state index in [1.54, 1.807) is 47.6 Å². The molecule has 0 bridgehead atoms. The molecule has 0 aromatic heterocycles. The van der Waals surface area contributed by atoms with E-state index in [2.05, 4.69) is 54.6 Å². The summed E-state index contributed by atoms with van der Waals surface area (Å²) < 4.78 is 5.40. The molecular weight excluding hydrogens is 398 g/mol. The van der Waals surface area contributed by atoms with Crippen molar-refractivity contribution in [1.29, 1.82) is 0 Å². The molecule has 29 heavy (non-hydrogen) atoms. The number of amides is 1. The third-order valence-corrected chi connectivity index (χ3v) is 6.73. The van der Waals surface area contributed by atoms with E-state index in [1.807, 2.05) is 18.2 Å². The van der Waals surface area contributed by atoms with Crippen LogP contribution in [0.2, 0.25) is 0 Å². The summed E-state index contributed by atoms with van der Waals surface area (Å²) in [5.74, 6) is 1.35. The predicted molar refractivity (Wildman–Crippen MR) is 122 cm³/mol. The molecule has 4 rings (SSSR count). The standard InChI is InChI=1S/C24H21NO2S2/c1-25(24(26)27-19-10-3-2-4-11-19)15-16-28-23-17-18-9-5-7-13-21(18)29-22-14-8-6-12-20(22)23/h2-14,17H,15-16H2,1H3. The van der Waals surface area contributed by atoms with Crippen molar-refractivity contribution in [2.45, 2.75) is 9.79 Å². The SMILES string of the molecule is CN(CCSC1=Cc2ccccc2Sc2ccccc21)C(=O)Oc1ccccc1. The number of nitrogens with zero attached hydrogens (tertiary/aromatic N) is 1. The Morgan fingerprint density at radius 3 is 2.45 bits per heavy atom. The number of para-hydroxylation sites is 1. The lowest BCUT2D eigenvalue weighted by Crippen LogP contribution is -2.31. The van der Waals surface area contributed by atoms with E-state index in [-0.39, 0.29) is 6.09 Å². The Balaban J connectivity index is 1.43. The van der Waals surface area contributed by atoms with Crippen molar-refractivity contribution in [3.8, 4) is 5.75 Å². The fraction of sp³-hybridized carbons (Fsp3) is 0.125. The van der Waals surface area contributed by atoms with Gasteiger partial charge < -0.3 is 9.64 Å². The third-order valence-electron chi connectivity index (χ3n) is 4.52. The van der Waals surface area contributed by atoms with Crippen LogP contribution in [0, 0.1) is 0 Å². The van der Waals surface area contributed by atoms with Crippen molar-refractivity contribution < 1.29 is 9.53 Å². The molecule has 146 valence electrons. The van der Waals surface area contributed by atoms with Gasteiger partial charge in [0.15, 0.2) is 0 Å². The number of hydrogen-bond donors (Lipinski definition) is 0. The molecule has 0 spiro atoms. The van der Waals surface area contributed by atoms with Gasteiger partial charge >= 0.3 is 6.09 Å². The Bertz CT molecular complexity index is 1030. The number of carbonyl (C=O) groups excluding carboxylic acids is 1. The van der Waals surface area contributed by atoms with Crippen LogP contribution in [0.15, 0.2) is 88.7 Å². The van der Waals surface area contributed by atoms with Crippen LogP contribution in [-0.2, 0) is 0 Å². The van der Waals surface area contributed by atoms with Gasteiger partial charge in [0, 0.05) is 39.6 Å². The summed E-state index contributed by atoms with van der Waals surface area (Å²) >= 11 is 3.57. The highest BCUT2D eigenvalue weighted by molar-refractivity contribution is 8.08. The van der Waals surface area contributed by atoms with Crippen LogP contribution in [0.3, 0.4) is 0 Å². The largest absolute Gasteiger partial charge is 0.414 e. The molecule has 0 atom stereocenters. The first kappa shape index (κ1) is 19.7. The number of thioether (sulfide) groups is 1. The van der Waals surface area contributed by atoms with Gasteiger partial charge in [-0.3, -0.25) is 0 Å². The van der Waals surface area contributed by atoms with Gasteiger partial charge in [0.1, 0.15) is 5.75 Å². The van der Waals surface area contributed by atoms with Gasteiger partial charge in [-0.25, -0.2) is 4.79 Å². The zero-order valence-corrected chi connectivity index (χ0v) is 17.7. The molecule has 0 fully saturated rings. The quantitative estimate of drug-likeness (QED) is 0.471. The molecular formula is C24H21NO2S2. The van der Waals surface area contributed by atoms with Crippen molar-refractivity contribution in [3.05, 3.63) is 90.0 Å². The van der Waals surface area contributed by atoms with Gasteiger partial charge in [-0.05, 0) is 35.9 Å². The minimum absolute atomic E-state index is 0.340. The molecule has 3 aromatic rings. The molecule has 5 heteroatoms. The van der Waals surface area contributed by atoms with Crippen LogP contribution in [-0.4, -0.2) is 30.3 Å². The van der Waals surface area contributed by atoms with Crippen molar-refractivity contribution >= 4 is 40.6 Å². The van der Waals surface area contributed by atoms with Gasteiger partial charge in [-0.2, -0.15) is 0 Å². The second-order valence-electron chi connectivity index (χ2n) is 6.60. The van der Waals surface area contributed by atoms with E-state index in [1.165, 1.54) is 25.8 Å². The molecule has 0 N–H and O–H groups in total. The lowest BCUT2D eigenvalue weighted by atomic mass is 10.1. The Hall–Kier alpha value is -2.63. The summed E-state index contributed by atoms with van der Waals surface area (Å²) in [6.07, 6.45) is 1.91. The highest BCUT2D eigenvalue weighted by Gasteiger charge is 2.17. The molecule has 0 unspecified atom stereocenters. The number of benzene rings is 3. The molecule has 1 heterocycles. The minimum atomic E-state index is -0.340. The van der Waals surface area contributed by atoms with E-state index in [0.29, 0.717) is 12.3 Å². The number of fused-ring (bicyclic) bond motifs is 2. The highest BCUT2D eigenvalue weighted by atomic mass is 32.2. The van der Waals surface area contributed by atoms with Gasteiger partial charge in [0.25, 0.3) is 0 Å². The van der Waals surface area contributed by atoms with Crippen molar-refractivity contribution in [2.75, 3.05) is 19.3 Å². The summed E-state index contributed by atoms with van der Waals surface area (Å²) in [6, 6.07) is 26.1. The smallest absolute Gasteiger partial charge is 0.410 e. The van der Waals surface area contributed by atoms with Crippen LogP contribution >= 0.6 is 23.5 Å². The van der Waals surface area contributed by atoms with E-state index >= 15 is 0 Å².